The number of anilines is 3. The third kappa shape index (κ3) is 2.98. The molecule has 6 rings (SSSR count). The molecular formula is C25H22N2O4. The van der Waals surface area contributed by atoms with E-state index < -0.39 is 0 Å². The molecule has 1 amide bonds. The molecule has 31 heavy (non-hydrogen) atoms. The summed E-state index contributed by atoms with van der Waals surface area (Å²) in [7, 11) is 1.62. The lowest BCUT2D eigenvalue weighted by molar-refractivity contribution is -0.116. The molecule has 3 aromatic carbocycles. The molecule has 0 bridgehead atoms. The predicted octanol–water partition coefficient (Wildman–Crippen LogP) is 4.74. The zero-order chi connectivity index (χ0) is 20.9. The summed E-state index contributed by atoms with van der Waals surface area (Å²) < 4.78 is 16.7. The van der Waals surface area contributed by atoms with Crippen molar-refractivity contribution in [3.05, 3.63) is 70.8 Å². The molecule has 3 heterocycles. The molecule has 0 fully saturated rings. The van der Waals surface area contributed by atoms with Gasteiger partial charge in [0, 0.05) is 29.4 Å². The van der Waals surface area contributed by atoms with Crippen LogP contribution in [0, 0.1) is 0 Å². The number of nitrogens with one attached hydrogen (secondary N) is 2. The van der Waals surface area contributed by atoms with Crippen LogP contribution in [0.15, 0.2) is 48.5 Å². The molecular weight excluding hydrogens is 392 g/mol. The van der Waals surface area contributed by atoms with Crippen LogP contribution < -0.4 is 24.8 Å². The van der Waals surface area contributed by atoms with E-state index in [9.17, 15) is 4.79 Å². The van der Waals surface area contributed by atoms with Gasteiger partial charge in [0.1, 0.15) is 0 Å². The maximum atomic E-state index is 12.6. The van der Waals surface area contributed by atoms with E-state index >= 15 is 0 Å². The van der Waals surface area contributed by atoms with E-state index in [0.717, 1.165) is 41.0 Å². The van der Waals surface area contributed by atoms with E-state index in [1.165, 1.54) is 11.1 Å². The van der Waals surface area contributed by atoms with Crippen molar-refractivity contribution in [2.45, 2.75) is 25.2 Å². The van der Waals surface area contributed by atoms with E-state index in [0.29, 0.717) is 23.7 Å². The van der Waals surface area contributed by atoms with Crippen LogP contribution in [0.2, 0.25) is 0 Å². The summed E-state index contributed by atoms with van der Waals surface area (Å²) in [6, 6.07) is 16.6. The van der Waals surface area contributed by atoms with Crippen LogP contribution in [0.3, 0.4) is 0 Å². The molecule has 0 saturated carbocycles. The summed E-state index contributed by atoms with van der Waals surface area (Å²) in [5.41, 5.74) is 7.69. The normalized spacial score (nSPS) is 18.1. The third-order valence-corrected chi connectivity index (χ3v) is 6.35. The van der Waals surface area contributed by atoms with Crippen LogP contribution in [0.4, 0.5) is 17.1 Å². The highest BCUT2D eigenvalue weighted by atomic mass is 16.7. The van der Waals surface area contributed by atoms with Gasteiger partial charge in [0.2, 0.25) is 18.4 Å². The molecule has 2 N–H and O–H groups in total. The van der Waals surface area contributed by atoms with Crippen molar-refractivity contribution >= 4 is 23.0 Å². The summed E-state index contributed by atoms with van der Waals surface area (Å²) in [6.45, 7) is 0.177. The number of amides is 1. The number of hydrogen-bond donors (Lipinski definition) is 2. The van der Waals surface area contributed by atoms with Crippen LogP contribution in [-0.4, -0.2) is 19.8 Å². The minimum atomic E-state index is -0.0805. The third-order valence-electron chi connectivity index (χ3n) is 6.35. The Morgan fingerprint density at radius 3 is 2.71 bits per heavy atom. The van der Waals surface area contributed by atoms with E-state index in [2.05, 4.69) is 41.0 Å². The summed E-state index contributed by atoms with van der Waals surface area (Å²) in [5, 5.41) is 6.64. The monoisotopic (exact) mass is 414 g/mol. The molecule has 3 aliphatic rings. The van der Waals surface area contributed by atoms with Crippen molar-refractivity contribution in [2.75, 3.05) is 24.5 Å². The molecule has 0 saturated heterocycles. The second-order valence-electron chi connectivity index (χ2n) is 8.14. The predicted molar refractivity (Wildman–Crippen MR) is 118 cm³/mol. The SMILES string of the molecule is COc1cc(C2CC(=O)Nc3cc4c(cc32)CCc2ccccc2N4)cc2c1OCO2. The second-order valence-corrected chi connectivity index (χ2v) is 8.14. The molecule has 6 nitrogen and oxygen atoms in total. The van der Waals surface area contributed by atoms with E-state index in [1.54, 1.807) is 7.11 Å². The van der Waals surface area contributed by atoms with E-state index in [4.69, 9.17) is 14.2 Å². The van der Waals surface area contributed by atoms with E-state index in [-0.39, 0.29) is 18.6 Å². The molecule has 3 aliphatic heterocycles. The summed E-state index contributed by atoms with van der Waals surface area (Å²) in [6.07, 6.45) is 2.30. The minimum absolute atomic E-state index is 0.00288. The molecule has 0 aromatic heterocycles. The molecule has 156 valence electrons. The molecule has 1 unspecified atom stereocenters. The Labute approximate surface area is 180 Å². The number of para-hydroxylation sites is 1. The number of benzene rings is 3. The topological polar surface area (TPSA) is 68.8 Å². The van der Waals surface area contributed by atoms with Crippen molar-refractivity contribution in [3.8, 4) is 17.2 Å². The van der Waals surface area contributed by atoms with Gasteiger partial charge in [-0.15, -0.1) is 0 Å². The van der Waals surface area contributed by atoms with Gasteiger partial charge in [0.15, 0.2) is 11.5 Å². The Morgan fingerprint density at radius 2 is 1.81 bits per heavy atom. The number of hydrogen-bond acceptors (Lipinski definition) is 5. The molecule has 3 aromatic rings. The standard InChI is InChI=1S/C25H22N2O4/c1-29-22-9-16(10-23-25(22)31-13-30-23)17-11-24(28)27-21-12-20-15(8-18(17)21)7-6-14-4-2-3-5-19(14)26-20/h2-5,8-10,12,17,26H,6-7,11,13H2,1H3,(H,27,28). The lowest BCUT2D eigenvalue weighted by Crippen LogP contribution is -2.24. The second kappa shape index (κ2) is 6.94. The number of carbonyl (C=O) groups is 1. The molecule has 1 atom stereocenters. The van der Waals surface area contributed by atoms with Gasteiger partial charge in [-0.3, -0.25) is 4.79 Å². The highest BCUT2D eigenvalue weighted by molar-refractivity contribution is 5.96. The fourth-order valence-corrected chi connectivity index (χ4v) is 4.80. The van der Waals surface area contributed by atoms with Gasteiger partial charge in [-0.25, -0.2) is 0 Å². The average molecular weight is 414 g/mol. The fourth-order valence-electron chi connectivity index (χ4n) is 4.80. The van der Waals surface area contributed by atoms with Gasteiger partial charge >= 0.3 is 0 Å². The molecule has 6 heteroatoms. The highest BCUT2D eigenvalue weighted by Gasteiger charge is 2.31. The Bertz CT molecular complexity index is 1220. The van der Waals surface area contributed by atoms with Crippen molar-refractivity contribution in [1.29, 1.82) is 0 Å². The first-order chi connectivity index (χ1) is 15.2. The number of aryl methyl sites for hydroxylation is 2. The highest BCUT2D eigenvalue weighted by Crippen LogP contribution is 2.47. The lowest BCUT2D eigenvalue weighted by Gasteiger charge is -2.28. The largest absolute Gasteiger partial charge is 0.493 e. The fraction of sp³-hybridized carbons (Fsp3) is 0.240. The first kappa shape index (κ1) is 18.1. The van der Waals surface area contributed by atoms with Gasteiger partial charge in [-0.1, -0.05) is 24.3 Å². The number of ether oxygens (including phenoxy) is 3. The van der Waals surface area contributed by atoms with Gasteiger partial charge in [0.25, 0.3) is 0 Å². The average Bonchev–Trinajstić information content (AvgIpc) is 3.18. The van der Waals surface area contributed by atoms with Gasteiger partial charge in [-0.2, -0.15) is 0 Å². The molecule has 0 spiro atoms. The van der Waals surface area contributed by atoms with Crippen molar-refractivity contribution in [2.24, 2.45) is 0 Å². The van der Waals surface area contributed by atoms with Crippen LogP contribution in [0.25, 0.3) is 0 Å². The van der Waals surface area contributed by atoms with Crippen molar-refractivity contribution in [3.63, 3.8) is 0 Å². The van der Waals surface area contributed by atoms with Gasteiger partial charge < -0.3 is 24.8 Å². The Hall–Kier alpha value is -3.67. The van der Waals surface area contributed by atoms with Crippen molar-refractivity contribution in [1.82, 2.24) is 0 Å². The van der Waals surface area contributed by atoms with Crippen LogP contribution in [-0.2, 0) is 17.6 Å². The first-order valence-electron chi connectivity index (χ1n) is 10.5. The first-order valence-corrected chi connectivity index (χ1v) is 10.5. The summed E-state index contributed by atoms with van der Waals surface area (Å²) in [4.78, 5) is 12.6. The Morgan fingerprint density at radius 1 is 0.935 bits per heavy atom. The maximum Gasteiger partial charge on any atom is 0.231 e. The van der Waals surface area contributed by atoms with Gasteiger partial charge in [0.05, 0.1) is 7.11 Å². The number of fused-ring (bicyclic) bond motifs is 4. The van der Waals surface area contributed by atoms with Crippen LogP contribution in [0.5, 0.6) is 17.2 Å². The number of methoxy groups -OCH3 is 1. The van der Waals surface area contributed by atoms with E-state index in [1.807, 2.05) is 18.2 Å². The van der Waals surface area contributed by atoms with Crippen LogP contribution in [0.1, 0.15) is 34.6 Å². The minimum Gasteiger partial charge on any atom is -0.493 e. The number of rotatable bonds is 2. The Kier molecular flexibility index (Phi) is 4.06. The zero-order valence-electron chi connectivity index (χ0n) is 17.2. The smallest absolute Gasteiger partial charge is 0.231 e. The lowest BCUT2D eigenvalue weighted by atomic mass is 9.83. The quantitative estimate of drug-likeness (QED) is 0.634. The van der Waals surface area contributed by atoms with Crippen LogP contribution >= 0.6 is 0 Å². The molecule has 0 aliphatic carbocycles. The summed E-state index contributed by atoms with van der Waals surface area (Å²) >= 11 is 0. The summed E-state index contributed by atoms with van der Waals surface area (Å²) in [5.74, 6) is 1.83. The molecule has 0 radical (unpaired) electrons. The number of carbonyl (C=O) groups excluding carboxylic acids is 1. The maximum absolute atomic E-state index is 12.6. The van der Waals surface area contributed by atoms with Crippen molar-refractivity contribution < 1.29 is 19.0 Å². The Balaban J connectivity index is 1.45. The van der Waals surface area contributed by atoms with Gasteiger partial charge in [-0.05, 0) is 59.4 Å². The zero-order valence-corrected chi connectivity index (χ0v) is 17.2.